The predicted octanol–water partition coefficient (Wildman–Crippen LogP) is -0.0232. The Hall–Kier alpha value is -2.69. The molecule has 0 saturated carbocycles. The van der Waals surface area contributed by atoms with E-state index in [1.807, 2.05) is 0 Å². The molecule has 5 atom stereocenters. The second-order valence-electron chi connectivity index (χ2n) is 6.17. The van der Waals surface area contributed by atoms with Gasteiger partial charge in [-0.1, -0.05) is 0 Å². The van der Waals surface area contributed by atoms with Gasteiger partial charge in [-0.2, -0.15) is 0 Å². The summed E-state index contributed by atoms with van der Waals surface area (Å²) < 4.78 is 26.3. The number of carboxylic acids is 1. The first kappa shape index (κ1) is 23.3. The number of ether oxygens (including phenoxy) is 5. The van der Waals surface area contributed by atoms with E-state index in [2.05, 4.69) is 0 Å². The highest BCUT2D eigenvalue weighted by molar-refractivity contribution is 5.69. The average molecular weight is 404 g/mol. The van der Waals surface area contributed by atoms with E-state index in [1.165, 1.54) is 0 Å². The Balaban J connectivity index is 3.26. The maximum atomic E-state index is 11.6. The molecule has 1 N–H and O–H groups in total. The predicted molar refractivity (Wildman–Crippen MR) is 88.8 cm³/mol. The van der Waals surface area contributed by atoms with Crippen molar-refractivity contribution in [3.63, 3.8) is 0 Å². The first-order valence-electron chi connectivity index (χ1n) is 8.53. The lowest BCUT2D eigenvalue weighted by molar-refractivity contribution is -0.253. The van der Waals surface area contributed by atoms with Crippen molar-refractivity contribution in [2.45, 2.75) is 71.1 Å². The summed E-state index contributed by atoms with van der Waals surface area (Å²) in [4.78, 5) is 56.8. The molecule has 0 unspecified atom stereocenters. The van der Waals surface area contributed by atoms with E-state index in [9.17, 15) is 24.0 Å². The minimum absolute atomic E-state index is 0.0889. The second kappa shape index (κ2) is 10.6. The van der Waals surface area contributed by atoms with Gasteiger partial charge in [0.2, 0.25) is 0 Å². The third-order valence-corrected chi connectivity index (χ3v) is 3.73. The molecular weight excluding hydrogens is 380 g/mol. The molecule has 0 bridgehead atoms. The van der Waals surface area contributed by atoms with Crippen LogP contribution in [0.3, 0.4) is 0 Å². The fourth-order valence-corrected chi connectivity index (χ4v) is 2.82. The fourth-order valence-electron chi connectivity index (χ4n) is 2.82. The molecule has 1 aliphatic heterocycles. The lowest BCUT2D eigenvalue weighted by Crippen LogP contribution is -2.62. The smallest absolute Gasteiger partial charge is 0.303 e. The van der Waals surface area contributed by atoms with Crippen LogP contribution in [0.4, 0.5) is 0 Å². The van der Waals surface area contributed by atoms with Crippen LogP contribution in [0.2, 0.25) is 0 Å². The van der Waals surface area contributed by atoms with Gasteiger partial charge in [-0.25, -0.2) is 0 Å². The van der Waals surface area contributed by atoms with Crippen molar-refractivity contribution in [2.75, 3.05) is 6.61 Å². The summed E-state index contributed by atoms with van der Waals surface area (Å²) in [6, 6.07) is 0. The van der Waals surface area contributed by atoms with Crippen molar-refractivity contribution in [2.24, 2.45) is 0 Å². The molecule has 28 heavy (non-hydrogen) atoms. The molecule has 0 aliphatic carbocycles. The van der Waals surface area contributed by atoms with Gasteiger partial charge in [-0.3, -0.25) is 24.0 Å². The third-order valence-electron chi connectivity index (χ3n) is 3.73. The molecule has 1 aliphatic rings. The van der Waals surface area contributed by atoms with Gasteiger partial charge in [0.05, 0.1) is 6.10 Å². The van der Waals surface area contributed by atoms with Crippen LogP contribution < -0.4 is 0 Å². The van der Waals surface area contributed by atoms with Gasteiger partial charge < -0.3 is 28.8 Å². The number of esters is 4. The molecular formula is C17H24O11. The lowest BCUT2D eigenvalue weighted by Gasteiger charge is -2.44. The Labute approximate surface area is 161 Å². The van der Waals surface area contributed by atoms with Gasteiger partial charge in [0.1, 0.15) is 12.7 Å². The summed E-state index contributed by atoms with van der Waals surface area (Å²) >= 11 is 0. The molecule has 11 heteroatoms. The minimum atomic E-state index is -1.28. The number of hydrogen-bond acceptors (Lipinski definition) is 10. The minimum Gasteiger partial charge on any atom is -0.481 e. The van der Waals surface area contributed by atoms with Crippen LogP contribution >= 0.6 is 0 Å². The van der Waals surface area contributed by atoms with E-state index >= 15 is 0 Å². The molecule has 158 valence electrons. The lowest BCUT2D eigenvalue weighted by atomic mass is 9.92. The Morgan fingerprint density at radius 3 is 1.64 bits per heavy atom. The first-order chi connectivity index (χ1) is 13.0. The molecule has 1 saturated heterocycles. The third kappa shape index (κ3) is 7.51. The number of hydrogen-bond donors (Lipinski definition) is 1. The number of rotatable bonds is 8. The van der Waals surface area contributed by atoms with Crippen LogP contribution in [0, 0.1) is 0 Å². The normalized spacial score (nSPS) is 26.6. The number of carboxylic acid groups (broad SMARTS) is 1. The molecule has 0 aromatic rings. The maximum absolute atomic E-state index is 11.6. The van der Waals surface area contributed by atoms with Gasteiger partial charge in [-0.15, -0.1) is 0 Å². The van der Waals surface area contributed by atoms with Gasteiger partial charge in [0, 0.05) is 34.1 Å². The van der Waals surface area contributed by atoms with Gasteiger partial charge in [-0.05, 0) is 6.42 Å². The van der Waals surface area contributed by atoms with Gasteiger partial charge >= 0.3 is 29.8 Å². The summed E-state index contributed by atoms with van der Waals surface area (Å²) in [5, 5.41) is 8.95. The van der Waals surface area contributed by atoms with Crippen molar-refractivity contribution in [3.05, 3.63) is 0 Å². The Kier molecular flexibility index (Phi) is 8.83. The van der Waals surface area contributed by atoms with Crippen LogP contribution in [0.5, 0.6) is 0 Å². The zero-order valence-electron chi connectivity index (χ0n) is 16.0. The molecule has 1 fully saturated rings. The van der Waals surface area contributed by atoms with Gasteiger partial charge in [0.15, 0.2) is 18.3 Å². The first-order valence-corrected chi connectivity index (χ1v) is 8.53. The highest BCUT2D eigenvalue weighted by Gasteiger charge is 2.51. The molecule has 1 rings (SSSR count). The largest absolute Gasteiger partial charge is 0.481 e. The molecule has 0 radical (unpaired) electrons. The Morgan fingerprint density at radius 1 is 0.750 bits per heavy atom. The zero-order valence-corrected chi connectivity index (χ0v) is 16.0. The summed E-state index contributed by atoms with van der Waals surface area (Å²) in [5.41, 5.74) is 0. The van der Waals surface area contributed by atoms with Crippen LogP contribution in [0.1, 0.15) is 40.5 Å². The van der Waals surface area contributed by atoms with Crippen molar-refractivity contribution < 1.29 is 52.8 Å². The second-order valence-corrected chi connectivity index (χ2v) is 6.17. The van der Waals surface area contributed by atoms with Crippen LogP contribution in [0.15, 0.2) is 0 Å². The number of carbonyl (C=O) groups is 5. The van der Waals surface area contributed by atoms with Gasteiger partial charge in [0.25, 0.3) is 0 Å². The quantitative estimate of drug-likeness (QED) is 0.429. The fraction of sp³-hybridized carbons (Fsp3) is 0.706. The SMILES string of the molecule is CC(=O)OC[C@H]1O[C@@H](CCC(=O)O)[C@@H](OC(C)=O)[C@@H](OC(C)=O)[C@@H]1OC(C)=O. The van der Waals surface area contributed by atoms with E-state index in [0.29, 0.717) is 0 Å². The standard InChI is InChI=1S/C17H24O11/c1-8(18)24-7-13-16(26-10(3)20)17(27-11(4)21)15(25-9(2)19)12(28-13)5-6-14(22)23/h12-13,15-17H,5-7H2,1-4H3,(H,22,23)/t12-,13+,15+,16+,17+/m0/s1. The molecule has 0 aromatic heterocycles. The van der Waals surface area contributed by atoms with E-state index in [1.54, 1.807) is 0 Å². The molecule has 1 heterocycles. The van der Waals surface area contributed by atoms with E-state index in [0.717, 1.165) is 27.7 Å². The van der Waals surface area contributed by atoms with E-state index in [-0.39, 0.29) is 19.4 Å². The Bertz CT molecular complexity index is 570. The van der Waals surface area contributed by atoms with Crippen molar-refractivity contribution >= 4 is 29.8 Å². The average Bonchev–Trinajstić information content (AvgIpc) is 2.54. The van der Waals surface area contributed by atoms with Crippen LogP contribution in [0.25, 0.3) is 0 Å². The van der Waals surface area contributed by atoms with Crippen molar-refractivity contribution in [1.29, 1.82) is 0 Å². The highest BCUT2D eigenvalue weighted by Crippen LogP contribution is 2.31. The highest BCUT2D eigenvalue weighted by atomic mass is 16.7. The summed E-state index contributed by atoms with van der Waals surface area (Å²) in [6.07, 6.45) is -6.23. The molecule has 11 nitrogen and oxygen atoms in total. The molecule has 0 spiro atoms. The van der Waals surface area contributed by atoms with E-state index in [4.69, 9.17) is 28.8 Å². The number of carbonyl (C=O) groups excluding carboxylic acids is 4. The summed E-state index contributed by atoms with van der Waals surface area (Å²) in [5.74, 6) is -3.95. The molecule has 0 amide bonds. The van der Waals surface area contributed by atoms with Crippen molar-refractivity contribution in [3.8, 4) is 0 Å². The van der Waals surface area contributed by atoms with Crippen molar-refractivity contribution in [1.82, 2.24) is 0 Å². The maximum Gasteiger partial charge on any atom is 0.303 e. The monoisotopic (exact) mass is 404 g/mol. The summed E-state index contributed by atoms with van der Waals surface area (Å²) in [6.45, 7) is 4.16. The van der Waals surface area contributed by atoms with Crippen LogP contribution in [-0.4, -0.2) is 72.1 Å². The van der Waals surface area contributed by atoms with E-state index < -0.39 is 60.4 Å². The Morgan fingerprint density at radius 2 is 1.21 bits per heavy atom. The summed E-state index contributed by atoms with van der Waals surface area (Å²) in [7, 11) is 0. The molecule has 0 aromatic carbocycles. The zero-order chi connectivity index (χ0) is 21.4. The topological polar surface area (TPSA) is 152 Å². The van der Waals surface area contributed by atoms with Crippen LogP contribution in [-0.2, 0) is 47.7 Å². The number of aliphatic carboxylic acids is 1.